The monoisotopic (exact) mass is 249 g/mol. The maximum atomic E-state index is 11.3. The second-order valence-corrected chi connectivity index (χ2v) is 7.06. The van der Waals surface area contributed by atoms with Crippen LogP contribution in [0.2, 0.25) is 0 Å². The van der Waals surface area contributed by atoms with Crippen molar-refractivity contribution in [2.75, 3.05) is 0 Å². The molecule has 2 aliphatic carbocycles. The minimum absolute atomic E-state index is 0.109. The van der Waals surface area contributed by atoms with Gasteiger partial charge in [-0.3, -0.25) is 0 Å². The van der Waals surface area contributed by atoms with Crippen LogP contribution in [0.15, 0.2) is 0 Å². The molecule has 0 aromatic carbocycles. The van der Waals surface area contributed by atoms with Crippen LogP contribution in [0.25, 0.3) is 0 Å². The van der Waals surface area contributed by atoms with Crippen LogP contribution in [0.4, 0.5) is 0 Å². The van der Waals surface area contributed by atoms with Crippen molar-refractivity contribution in [3.8, 4) is 6.07 Å². The Morgan fingerprint density at radius 3 is 1.83 bits per heavy atom. The molecule has 0 bridgehead atoms. The van der Waals surface area contributed by atoms with Crippen LogP contribution in [-0.4, -0.2) is 10.7 Å². The fraction of sp³-hybridized carbons (Fsp3) is 0.938. The maximum absolute atomic E-state index is 11.3. The molecular formula is C16H27NO. The normalized spacial score (nSPS) is 35.4. The molecule has 2 aliphatic rings. The number of hydrogen-bond acceptors (Lipinski definition) is 2. The molecule has 0 heterocycles. The Morgan fingerprint density at radius 2 is 1.39 bits per heavy atom. The molecule has 0 radical (unpaired) electrons. The summed E-state index contributed by atoms with van der Waals surface area (Å²) < 4.78 is 0. The van der Waals surface area contributed by atoms with Crippen LogP contribution in [0.3, 0.4) is 0 Å². The molecule has 0 saturated heterocycles. The molecule has 1 N–H and O–H groups in total. The summed E-state index contributed by atoms with van der Waals surface area (Å²) in [5.41, 5.74) is -1.37. The van der Waals surface area contributed by atoms with Crippen molar-refractivity contribution in [1.82, 2.24) is 0 Å². The molecule has 2 rings (SSSR count). The van der Waals surface area contributed by atoms with Crippen molar-refractivity contribution in [3.05, 3.63) is 0 Å². The van der Waals surface area contributed by atoms with Crippen molar-refractivity contribution in [3.63, 3.8) is 0 Å². The van der Waals surface area contributed by atoms with Crippen LogP contribution in [0.1, 0.15) is 78.1 Å². The van der Waals surface area contributed by atoms with Gasteiger partial charge in [-0.15, -0.1) is 0 Å². The smallest absolute Gasteiger partial charge is 0.0883 e. The summed E-state index contributed by atoms with van der Waals surface area (Å²) in [6.45, 7) is 4.30. The molecule has 18 heavy (non-hydrogen) atoms. The molecular weight excluding hydrogens is 222 g/mol. The Labute approximate surface area is 111 Å². The van der Waals surface area contributed by atoms with Gasteiger partial charge in [0.2, 0.25) is 0 Å². The van der Waals surface area contributed by atoms with Crippen LogP contribution in [-0.2, 0) is 0 Å². The topological polar surface area (TPSA) is 44.0 Å². The molecule has 2 saturated carbocycles. The van der Waals surface area contributed by atoms with E-state index >= 15 is 0 Å². The van der Waals surface area contributed by atoms with E-state index in [4.69, 9.17) is 0 Å². The highest BCUT2D eigenvalue weighted by Gasteiger charge is 2.60. The maximum Gasteiger partial charge on any atom is 0.0883 e. The number of nitriles is 1. The first-order valence-corrected chi connectivity index (χ1v) is 7.61. The lowest BCUT2D eigenvalue weighted by Gasteiger charge is -2.49. The molecule has 2 heteroatoms. The molecule has 0 aliphatic heterocycles. The Bertz CT molecular complexity index is 333. The SMILES string of the molecule is CC1(C)CCCC1(O)C1(C#N)CCCCCCC1. The first-order valence-electron chi connectivity index (χ1n) is 7.61. The van der Waals surface area contributed by atoms with Crippen molar-refractivity contribution < 1.29 is 5.11 Å². The van der Waals surface area contributed by atoms with Gasteiger partial charge in [0.25, 0.3) is 0 Å². The average Bonchev–Trinajstić information content (AvgIpc) is 2.55. The molecule has 102 valence electrons. The lowest BCUT2D eigenvalue weighted by atomic mass is 9.57. The molecule has 0 aromatic heterocycles. The van der Waals surface area contributed by atoms with E-state index in [1.165, 1.54) is 19.3 Å². The number of hydrogen-bond donors (Lipinski definition) is 1. The predicted molar refractivity (Wildman–Crippen MR) is 72.9 cm³/mol. The zero-order chi connectivity index (χ0) is 13.3. The molecule has 0 amide bonds. The molecule has 1 unspecified atom stereocenters. The summed E-state index contributed by atoms with van der Waals surface area (Å²) in [6.07, 6.45) is 10.7. The van der Waals surface area contributed by atoms with Crippen molar-refractivity contribution in [2.24, 2.45) is 10.8 Å². The Morgan fingerprint density at radius 1 is 0.833 bits per heavy atom. The summed E-state index contributed by atoms with van der Waals surface area (Å²) in [5.74, 6) is 0. The molecule has 2 nitrogen and oxygen atoms in total. The van der Waals surface area contributed by atoms with Crippen LogP contribution >= 0.6 is 0 Å². The third kappa shape index (κ3) is 1.97. The molecule has 0 aromatic rings. The quantitative estimate of drug-likeness (QED) is 0.757. The lowest BCUT2D eigenvalue weighted by molar-refractivity contribution is -0.130. The Balaban J connectivity index is 2.33. The minimum atomic E-state index is -0.772. The Kier molecular flexibility index (Phi) is 3.74. The third-order valence-electron chi connectivity index (χ3n) is 5.67. The second kappa shape index (κ2) is 4.85. The third-order valence-corrected chi connectivity index (χ3v) is 5.67. The fourth-order valence-electron chi connectivity index (χ4n) is 4.35. The Hall–Kier alpha value is -0.550. The standard InChI is InChI=1S/C16H27NO/c1-14(2)9-8-12-16(14,18)15(13-17)10-6-4-3-5-7-11-15/h18H,3-12H2,1-2H3. The van der Waals surface area contributed by atoms with E-state index in [0.717, 1.165) is 44.9 Å². The molecule has 0 spiro atoms. The first-order chi connectivity index (χ1) is 8.47. The molecule has 2 fully saturated rings. The number of aliphatic hydroxyl groups is 1. The summed E-state index contributed by atoms with van der Waals surface area (Å²) in [5, 5.41) is 21.1. The van der Waals surface area contributed by atoms with Gasteiger partial charge in [0.1, 0.15) is 0 Å². The number of nitrogens with zero attached hydrogens (tertiary/aromatic N) is 1. The van der Waals surface area contributed by atoms with Gasteiger partial charge in [-0.2, -0.15) is 5.26 Å². The van der Waals surface area contributed by atoms with Gasteiger partial charge in [-0.05, 0) is 37.5 Å². The van der Waals surface area contributed by atoms with Gasteiger partial charge in [0, 0.05) is 0 Å². The van der Waals surface area contributed by atoms with Crippen molar-refractivity contribution >= 4 is 0 Å². The highest BCUT2D eigenvalue weighted by atomic mass is 16.3. The van der Waals surface area contributed by atoms with Crippen LogP contribution in [0, 0.1) is 22.2 Å². The summed E-state index contributed by atoms with van der Waals surface area (Å²) in [6, 6.07) is 2.57. The average molecular weight is 249 g/mol. The molecule has 1 atom stereocenters. The fourth-order valence-corrected chi connectivity index (χ4v) is 4.35. The second-order valence-electron chi connectivity index (χ2n) is 7.06. The van der Waals surface area contributed by atoms with Crippen LogP contribution < -0.4 is 0 Å². The van der Waals surface area contributed by atoms with Gasteiger partial charge in [0.05, 0.1) is 17.1 Å². The number of rotatable bonds is 1. The van der Waals surface area contributed by atoms with Crippen molar-refractivity contribution in [1.29, 1.82) is 5.26 Å². The van der Waals surface area contributed by atoms with Crippen LogP contribution in [0.5, 0.6) is 0 Å². The van der Waals surface area contributed by atoms with Gasteiger partial charge >= 0.3 is 0 Å². The van der Waals surface area contributed by atoms with E-state index in [-0.39, 0.29) is 5.41 Å². The zero-order valence-corrected chi connectivity index (χ0v) is 12.0. The van der Waals surface area contributed by atoms with E-state index in [2.05, 4.69) is 19.9 Å². The highest BCUT2D eigenvalue weighted by molar-refractivity contribution is 5.18. The first kappa shape index (κ1) is 13.9. The van der Waals surface area contributed by atoms with E-state index in [0.29, 0.717) is 0 Å². The van der Waals surface area contributed by atoms with Gasteiger partial charge in [-0.1, -0.05) is 46.0 Å². The van der Waals surface area contributed by atoms with E-state index in [1.54, 1.807) is 0 Å². The highest BCUT2D eigenvalue weighted by Crippen LogP contribution is 2.58. The summed E-state index contributed by atoms with van der Waals surface area (Å²) >= 11 is 0. The van der Waals surface area contributed by atoms with Crippen molar-refractivity contribution in [2.45, 2.75) is 83.7 Å². The predicted octanol–water partition coefficient (Wildman–Crippen LogP) is 4.18. The summed E-state index contributed by atoms with van der Waals surface area (Å²) in [4.78, 5) is 0. The van der Waals surface area contributed by atoms with Gasteiger partial charge < -0.3 is 5.11 Å². The van der Waals surface area contributed by atoms with E-state index in [1.807, 2.05) is 0 Å². The zero-order valence-electron chi connectivity index (χ0n) is 12.0. The van der Waals surface area contributed by atoms with E-state index < -0.39 is 11.0 Å². The van der Waals surface area contributed by atoms with Gasteiger partial charge in [-0.25, -0.2) is 0 Å². The van der Waals surface area contributed by atoms with Gasteiger partial charge in [0.15, 0.2) is 0 Å². The lowest BCUT2D eigenvalue weighted by Crippen LogP contribution is -2.54. The minimum Gasteiger partial charge on any atom is -0.388 e. The largest absolute Gasteiger partial charge is 0.388 e. The summed E-state index contributed by atoms with van der Waals surface area (Å²) in [7, 11) is 0. The van der Waals surface area contributed by atoms with E-state index in [9.17, 15) is 10.4 Å².